The first kappa shape index (κ1) is 18.4. The van der Waals surface area contributed by atoms with Crippen molar-refractivity contribution in [1.29, 1.82) is 0 Å². The Kier molecular flexibility index (Phi) is 7.06. The lowest BCUT2D eigenvalue weighted by atomic mass is 9.85. The zero-order valence-electron chi connectivity index (χ0n) is 14.1. The second kappa shape index (κ2) is 7.28. The largest absolute Gasteiger partial charge is 0.379 e. The Morgan fingerprint density at radius 3 is 2.05 bits per heavy atom. The number of rotatable bonds is 8. The Bertz CT molecular complexity index is 280. The molecule has 1 N–H and O–H groups in total. The third-order valence-electron chi connectivity index (χ3n) is 3.16. The molecule has 0 aromatic heterocycles. The maximum absolute atomic E-state index is 12.4. The number of hydrogen-bond acceptors (Lipinski definition) is 2. The molecule has 0 saturated carbocycles. The van der Waals surface area contributed by atoms with Crippen molar-refractivity contribution in [2.45, 2.75) is 79.9 Å². The number of amides is 1. The average molecular weight is 271 g/mol. The van der Waals surface area contributed by atoms with E-state index in [1.807, 2.05) is 27.7 Å². The molecular weight excluding hydrogens is 238 g/mol. The van der Waals surface area contributed by atoms with E-state index in [1.54, 1.807) is 0 Å². The predicted octanol–water partition coefficient (Wildman–Crippen LogP) is 3.77. The molecule has 0 atom stereocenters. The molecule has 3 nitrogen and oxygen atoms in total. The summed E-state index contributed by atoms with van der Waals surface area (Å²) in [7, 11) is 0. The molecule has 0 saturated heterocycles. The van der Waals surface area contributed by atoms with Gasteiger partial charge >= 0.3 is 0 Å². The number of hydrogen-bond donors (Lipinski definition) is 1. The highest BCUT2D eigenvalue weighted by Crippen LogP contribution is 2.24. The normalized spacial score (nSPS) is 13.2. The van der Waals surface area contributed by atoms with E-state index >= 15 is 0 Å². The van der Waals surface area contributed by atoms with Crippen molar-refractivity contribution >= 4 is 5.91 Å². The van der Waals surface area contributed by atoms with Gasteiger partial charge in [0.15, 0.2) is 0 Å². The summed E-state index contributed by atoms with van der Waals surface area (Å²) in [5.41, 5.74) is -0.537. The highest BCUT2D eigenvalue weighted by Gasteiger charge is 2.32. The molecule has 0 rings (SSSR count). The van der Waals surface area contributed by atoms with Gasteiger partial charge in [0.05, 0.1) is 6.10 Å². The van der Waals surface area contributed by atoms with Crippen LogP contribution in [0.25, 0.3) is 0 Å². The first-order valence-electron chi connectivity index (χ1n) is 7.40. The molecule has 0 aliphatic heterocycles. The third kappa shape index (κ3) is 8.25. The van der Waals surface area contributed by atoms with Crippen molar-refractivity contribution in [1.82, 2.24) is 5.32 Å². The summed E-state index contributed by atoms with van der Waals surface area (Å²) in [5, 5.41) is 3.17. The van der Waals surface area contributed by atoms with Crippen molar-refractivity contribution in [2.24, 2.45) is 11.3 Å². The molecule has 114 valence electrons. The molecule has 0 bridgehead atoms. The number of nitrogens with one attached hydrogen (secondary N) is 1. The van der Waals surface area contributed by atoms with Crippen molar-refractivity contribution in [2.75, 3.05) is 6.61 Å². The van der Waals surface area contributed by atoms with E-state index in [2.05, 4.69) is 33.0 Å². The van der Waals surface area contributed by atoms with Gasteiger partial charge in [0.2, 0.25) is 5.91 Å². The maximum atomic E-state index is 12.4. The van der Waals surface area contributed by atoms with Crippen molar-refractivity contribution in [3.05, 3.63) is 0 Å². The molecule has 0 unspecified atom stereocenters. The number of carbonyl (C=O) groups is 1. The maximum Gasteiger partial charge on any atom is 0.226 e. The molecule has 0 aliphatic carbocycles. The summed E-state index contributed by atoms with van der Waals surface area (Å²) in [6.45, 7) is 17.2. The summed E-state index contributed by atoms with van der Waals surface area (Å²) in [5.74, 6) is 0.688. The van der Waals surface area contributed by atoms with E-state index in [9.17, 15) is 4.79 Å². The minimum atomic E-state index is -0.386. The molecule has 0 fully saturated rings. The summed E-state index contributed by atoms with van der Waals surface area (Å²) < 4.78 is 5.54. The van der Waals surface area contributed by atoms with E-state index in [0.717, 1.165) is 12.8 Å². The monoisotopic (exact) mass is 271 g/mol. The smallest absolute Gasteiger partial charge is 0.226 e. The van der Waals surface area contributed by atoms with Crippen LogP contribution in [0.4, 0.5) is 0 Å². The summed E-state index contributed by atoms with van der Waals surface area (Å²) >= 11 is 0. The zero-order valence-corrected chi connectivity index (χ0v) is 14.1. The molecule has 3 heteroatoms. The van der Waals surface area contributed by atoms with Crippen LogP contribution in [0.3, 0.4) is 0 Å². The Labute approximate surface area is 119 Å². The van der Waals surface area contributed by atoms with E-state index in [1.165, 1.54) is 0 Å². The molecule has 0 heterocycles. The van der Waals surface area contributed by atoms with Gasteiger partial charge in [-0.1, -0.05) is 27.7 Å². The molecule has 19 heavy (non-hydrogen) atoms. The van der Waals surface area contributed by atoms with Crippen molar-refractivity contribution in [3.63, 3.8) is 0 Å². The van der Waals surface area contributed by atoms with Gasteiger partial charge in [-0.25, -0.2) is 0 Å². The zero-order chi connectivity index (χ0) is 15.3. The minimum Gasteiger partial charge on any atom is -0.379 e. The van der Waals surface area contributed by atoms with Crippen LogP contribution < -0.4 is 5.32 Å². The lowest BCUT2D eigenvalue weighted by Crippen LogP contribution is -2.49. The first-order valence-corrected chi connectivity index (χ1v) is 7.40. The highest BCUT2D eigenvalue weighted by molar-refractivity contribution is 5.82. The molecular formula is C16H33NO2. The van der Waals surface area contributed by atoms with Gasteiger partial charge in [0, 0.05) is 17.6 Å². The Morgan fingerprint density at radius 2 is 1.63 bits per heavy atom. The minimum absolute atomic E-state index is 0.116. The number of carbonyl (C=O) groups excluding carboxylic acids is 1. The second-order valence-corrected chi connectivity index (χ2v) is 7.49. The molecule has 0 aliphatic rings. The van der Waals surface area contributed by atoms with E-state index in [-0.39, 0.29) is 23.0 Å². The van der Waals surface area contributed by atoms with Gasteiger partial charge in [-0.3, -0.25) is 4.79 Å². The molecule has 1 amide bonds. The fourth-order valence-electron chi connectivity index (χ4n) is 2.21. The van der Waals surface area contributed by atoms with Crippen LogP contribution in [0, 0.1) is 11.3 Å². The fraction of sp³-hybridized carbons (Fsp3) is 0.938. The Hall–Kier alpha value is -0.570. The Morgan fingerprint density at radius 1 is 1.11 bits per heavy atom. The van der Waals surface area contributed by atoms with Crippen LogP contribution in [-0.2, 0) is 9.53 Å². The lowest BCUT2D eigenvalue weighted by Gasteiger charge is -2.33. The van der Waals surface area contributed by atoms with Gasteiger partial charge in [0.1, 0.15) is 0 Å². The topological polar surface area (TPSA) is 38.3 Å². The van der Waals surface area contributed by atoms with Gasteiger partial charge in [-0.2, -0.15) is 0 Å². The van der Waals surface area contributed by atoms with Crippen LogP contribution >= 0.6 is 0 Å². The third-order valence-corrected chi connectivity index (χ3v) is 3.16. The molecule has 0 aromatic carbocycles. The fourth-order valence-corrected chi connectivity index (χ4v) is 2.21. The lowest BCUT2D eigenvalue weighted by molar-refractivity contribution is -0.132. The van der Waals surface area contributed by atoms with Gasteiger partial charge < -0.3 is 10.1 Å². The SMILES string of the molecule is CC(C)CC(C)(C)NC(=O)C(C)(C)CCOC(C)C. The van der Waals surface area contributed by atoms with Crippen LogP contribution in [0.2, 0.25) is 0 Å². The summed E-state index contributed by atoms with van der Waals surface area (Å²) in [6, 6.07) is 0. The van der Waals surface area contributed by atoms with Crippen molar-refractivity contribution in [3.8, 4) is 0 Å². The van der Waals surface area contributed by atoms with E-state index in [4.69, 9.17) is 4.74 Å². The molecule has 0 spiro atoms. The molecule has 0 radical (unpaired) electrons. The van der Waals surface area contributed by atoms with Crippen LogP contribution in [0.5, 0.6) is 0 Å². The standard InChI is InChI=1S/C16H33NO2/c1-12(2)11-16(7,8)17-14(18)15(5,6)9-10-19-13(3)4/h12-13H,9-11H2,1-8H3,(H,17,18). The quantitative estimate of drug-likeness (QED) is 0.730. The van der Waals surface area contributed by atoms with Crippen LogP contribution in [0.15, 0.2) is 0 Å². The summed E-state index contributed by atoms with van der Waals surface area (Å²) in [6.07, 6.45) is 1.95. The predicted molar refractivity (Wildman–Crippen MR) is 81.2 cm³/mol. The van der Waals surface area contributed by atoms with E-state index in [0.29, 0.717) is 12.5 Å². The van der Waals surface area contributed by atoms with Gasteiger partial charge in [-0.05, 0) is 46.5 Å². The first-order chi connectivity index (χ1) is 8.46. The van der Waals surface area contributed by atoms with Crippen LogP contribution in [-0.4, -0.2) is 24.2 Å². The van der Waals surface area contributed by atoms with Crippen LogP contribution in [0.1, 0.15) is 68.2 Å². The Balaban J connectivity index is 4.37. The van der Waals surface area contributed by atoms with Crippen molar-refractivity contribution < 1.29 is 9.53 Å². The average Bonchev–Trinajstić information content (AvgIpc) is 2.12. The van der Waals surface area contributed by atoms with Gasteiger partial charge in [0.25, 0.3) is 0 Å². The summed E-state index contributed by atoms with van der Waals surface area (Å²) in [4.78, 5) is 12.4. The number of ether oxygens (including phenoxy) is 1. The highest BCUT2D eigenvalue weighted by atomic mass is 16.5. The van der Waals surface area contributed by atoms with E-state index < -0.39 is 0 Å². The van der Waals surface area contributed by atoms with Gasteiger partial charge in [-0.15, -0.1) is 0 Å². The molecule has 0 aromatic rings. The second-order valence-electron chi connectivity index (χ2n) is 7.49.